The number of hydrogen-bond donors (Lipinski definition) is 1. The number of rotatable bonds is 1. The Balaban J connectivity index is 1.98. The molecular formula is C12H21NO2. The van der Waals surface area contributed by atoms with Crippen molar-refractivity contribution in [2.75, 3.05) is 6.54 Å². The van der Waals surface area contributed by atoms with Crippen LogP contribution < -0.4 is 5.32 Å². The highest BCUT2D eigenvalue weighted by atomic mass is 16.6. The number of nitrogens with one attached hydrogen (secondary N) is 1. The van der Waals surface area contributed by atoms with Gasteiger partial charge in [-0.2, -0.15) is 0 Å². The molecule has 3 heteroatoms. The molecule has 0 aromatic carbocycles. The Bertz CT molecular complexity index is 252. The second-order valence-electron chi connectivity index (χ2n) is 5.36. The number of carbonyl (C=O) groups excluding carboxylic acids is 1. The fraction of sp³-hybridized carbons (Fsp3) is 0.917. The zero-order valence-corrected chi connectivity index (χ0v) is 9.71. The second-order valence-corrected chi connectivity index (χ2v) is 5.36. The van der Waals surface area contributed by atoms with Crippen LogP contribution >= 0.6 is 0 Å². The normalized spacial score (nSPS) is 36.5. The lowest BCUT2D eigenvalue weighted by Gasteiger charge is -2.24. The van der Waals surface area contributed by atoms with Crippen molar-refractivity contribution in [1.29, 1.82) is 0 Å². The van der Waals surface area contributed by atoms with E-state index in [1.165, 1.54) is 19.3 Å². The molecule has 0 aromatic rings. The zero-order valence-electron chi connectivity index (χ0n) is 9.71. The van der Waals surface area contributed by atoms with E-state index in [9.17, 15) is 4.79 Å². The van der Waals surface area contributed by atoms with Crippen molar-refractivity contribution >= 4 is 6.09 Å². The average molecular weight is 211 g/mol. The molecule has 2 aliphatic rings. The molecule has 1 N–H and O–H groups in total. The Morgan fingerprint density at radius 3 is 2.80 bits per heavy atom. The van der Waals surface area contributed by atoms with Crippen molar-refractivity contribution in [3.05, 3.63) is 0 Å². The molecule has 2 fully saturated rings. The van der Waals surface area contributed by atoms with Gasteiger partial charge in [-0.15, -0.1) is 0 Å². The highest BCUT2D eigenvalue weighted by Crippen LogP contribution is 2.37. The standard InChI is InChI=1S/C12H21NO2/c1-9(2)10-4-3-6-12(7-5-10)8-13-11(14)15-12/h9-10H,3-8H2,1-2H3,(H,13,14). The van der Waals surface area contributed by atoms with Crippen LogP contribution in [-0.4, -0.2) is 18.2 Å². The molecule has 1 aliphatic heterocycles. The van der Waals surface area contributed by atoms with Gasteiger partial charge in [0.15, 0.2) is 0 Å². The van der Waals surface area contributed by atoms with Crippen molar-refractivity contribution in [2.24, 2.45) is 11.8 Å². The Morgan fingerprint density at radius 2 is 2.20 bits per heavy atom. The third-order valence-corrected chi connectivity index (χ3v) is 3.98. The molecule has 0 aromatic heterocycles. The van der Waals surface area contributed by atoms with E-state index in [-0.39, 0.29) is 11.7 Å². The van der Waals surface area contributed by atoms with Crippen molar-refractivity contribution in [3.63, 3.8) is 0 Å². The highest BCUT2D eigenvalue weighted by molar-refractivity contribution is 5.70. The van der Waals surface area contributed by atoms with Gasteiger partial charge in [-0.1, -0.05) is 20.3 Å². The van der Waals surface area contributed by atoms with Gasteiger partial charge >= 0.3 is 6.09 Å². The van der Waals surface area contributed by atoms with Gasteiger partial charge in [0.2, 0.25) is 0 Å². The maximum absolute atomic E-state index is 11.1. The van der Waals surface area contributed by atoms with Crippen LogP contribution in [0.1, 0.15) is 46.0 Å². The SMILES string of the molecule is CC(C)C1CCCC2(CC1)CNC(=O)O2. The summed E-state index contributed by atoms with van der Waals surface area (Å²) in [6.07, 6.45) is 5.53. The van der Waals surface area contributed by atoms with Gasteiger partial charge < -0.3 is 10.1 Å². The zero-order chi connectivity index (χ0) is 10.9. The summed E-state index contributed by atoms with van der Waals surface area (Å²) in [5.41, 5.74) is -0.166. The van der Waals surface area contributed by atoms with E-state index in [4.69, 9.17) is 4.74 Å². The fourth-order valence-electron chi connectivity index (χ4n) is 2.85. The molecule has 3 nitrogen and oxygen atoms in total. The highest BCUT2D eigenvalue weighted by Gasteiger charge is 2.41. The lowest BCUT2D eigenvalue weighted by molar-refractivity contribution is 0.0429. The van der Waals surface area contributed by atoms with Crippen molar-refractivity contribution in [1.82, 2.24) is 5.32 Å². The fourth-order valence-corrected chi connectivity index (χ4v) is 2.85. The Hall–Kier alpha value is -0.730. The van der Waals surface area contributed by atoms with E-state index < -0.39 is 0 Å². The summed E-state index contributed by atoms with van der Waals surface area (Å²) in [5.74, 6) is 1.56. The lowest BCUT2D eigenvalue weighted by atomic mass is 9.88. The quantitative estimate of drug-likeness (QED) is 0.724. The van der Waals surface area contributed by atoms with Crippen LogP contribution in [0.25, 0.3) is 0 Å². The average Bonchev–Trinajstić information content (AvgIpc) is 2.43. The van der Waals surface area contributed by atoms with E-state index in [2.05, 4.69) is 19.2 Å². The minimum Gasteiger partial charge on any atom is -0.441 e. The number of hydrogen-bond acceptors (Lipinski definition) is 2. The Kier molecular flexibility index (Phi) is 2.89. The monoisotopic (exact) mass is 211 g/mol. The third-order valence-electron chi connectivity index (χ3n) is 3.98. The van der Waals surface area contributed by atoms with E-state index in [1.54, 1.807) is 0 Å². The smallest absolute Gasteiger partial charge is 0.407 e. The summed E-state index contributed by atoms with van der Waals surface area (Å²) >= 11 is 0. The molecule has 1 spiro atoms. The van der Waals surface area contributed by atoms with Gasteiger partial charge in [0.25, 0.3) is 0 Å². The molecule has 1 heterocycles. The van der Waals surface area contributed by atoms with E-state index in [0.29, 0.717) is 0 Å². The minimum atomic E-state index is -0.224. The summed E-state index contributed by atoms with van der Waals surface area (Å²) in [4.78, 5) is 11.1. The summed E-state index contributed by atoms with van der Waals surface area (Å²) in [7, 11) is 0. The lowest BCUT2D eigenvalue weighted by Crippen LogP contribution is -2.32. The molecule has 0 radical (unpaired) electrons. The molecule has 1 saturated carbocycles. The van der Waals surface area contributed by atoms with Crippen molar-refractivity contribution < 1.29 is 9.53 Å². The van der Waals surface area contributed by atoms with Crippen LogP contribution in [0.4, 0.5) is 4.79 Å². The van der Waals surface area contributed by atoms with E-state index >= 15 is 0 Å². The Morgan fingerprint density at radius 1 is 1.40 bits per heavy atom. The van der Waals surface area contributed by atoms with Gasteiger partial charge in [-0.05, 0) is 37.5 Å². The number of amides is 1. The van der Waals surface area contributed by atoms with Crippen molar-refractivity contribution in [2.45, 2.75) is 51.6 Å². The number of carbonyl (C=O) groups is 1. The molecule has 0 bridgehead atoms. The molecule has 2 atom stereocenters. The van der Waals surface area contributed by atoms with E-state index in [0.717, 1.165) is 31.2 Å². The largest absolute Gasteiger partial charge is 0.441 e. The molecular weight excluding hydrogens is 190 g/mol. The van der Waals surface area contributed by atoms with Crippen LogP contribution in [0, 0.1) is 11.8 Å². The summed E-state index contributed by atoms with van der Waals surface area (Å²) in [6, 6.07) is 0. The first-order valence-electron chi connectivity index (χ1n) is 6.08. The van der Waals surface area contributed by atoms with Gasteiger partial charge in [0, 0.05) is 0 Å². The molecule has 15 heavy (non-hydrogen) atoms. The first-order valence-corrected chi connectivity index (χ1v) is 6.08. The second kappa shape index (κ2) is 4.03. The van der Waals surface area contributed by atoms with Gasteiger partial charge in [0.1, 0.15) is 5.60 Å². The third kappa shape index (κ3) is 2.27. The van der Waals surface area contributed by atoms with Crippen LogP contribution in [0.15, 0.2) is 0 Å². The van der Waals surface area contributed by atoms with E-state index in [1.807, 2.05) is 0 Å². The number of alkyl carbamates (subject to hydrolysis) is 1. The molecule has 1 amide bonds. The van der Waals surface area contributed by atoms with Crippen molar-refractivity contribution in [3.8, 4) is 0 Å². The predicted octanol–water partition coefficient (Wildman–Crippen LogP) is 2.70. The summed E-state index contributed by atoms with van der Waals surface area (Å²) < 4.78 is 5.45. The summed E-state index contributed by atoms with van der Waals surface area (Å²) in [6.45, 7) is 5.31. The van der Waals surface area contributed by atoms with Gasteiger partial charge in [0.05, 0.1) is 6.54 Å². The molecule has 1 aliphatic carbocycles. The van der Waals surface area contributed by atoms with Crippen LogP contribution in [-0.2, 0) is 4.74 Å². The first-order chi connectivity index (χ1) is 7.11. The molecule has 2 rings (SSSR count). The maximum atomic E-state index is 11.1. The number of ether oxygens (including phenoxy) is 1. The van der Waals surface area contributed by atoms with Crippen LogP contribution in [0.2, 0.25) is 0 Å². The molecule has 1 saturated heterocycles. The van der Waals surface area contributed by atoms with Crippen LogP contribution in [0.3, 0.4) is 0 Å². The maximum Gasteiger partial charge on any atom is 0.407 e. The minimum absolute atomic E-state index is 0.166. The molecule has 86 valence electrons. The van der Waals surface area contributed by atoms with Gasteiger partial charge in [-0.25, -0.2) is 4.79 Å². The first kappa shape index (κ1) is 10.8. The van der Waals surface area contributed by atoms with Gasteiger partial charge in [-0.3, -0.25) is 0 Å². The molecule has 2 unspecified atom stereocenters. The Labute approximate surface area is 91.6 Å². The van der Waals surface area contributed by atoms with Crippen LogP contribution in [0.5, 0.6) is 0 Å². The predicted molar refractivity (Wildman–Crippen MR) is 58.6 cm³/mol. The summed E-state index contributed by atoms with van der Waals surface area (Å²) in [5, 5.41) is 2.79. The topological polar surface area (TPSA) is 38.3 Å².